The molecule has 0 saturated heterocycles. The second-order valence-electron chi connectivity index (χ2n) is 2.77. The molecular weight excluding hydrogens is 187 g/mol. The lowest BCUT2D eigenvalue weighted by atomic mass is 10.2. The lowest BCUT2D eigenvalue weighted by molar-refractivity contribution is 0.0794. The maximum atomic E-state index is 13.1. The Morgan fingerprint density at radius 1 is 1.57 bits per heavy atom. The highest BCUT2D eigenvalue weighted by atomic mass is 19.1. The minimum atomic E-state index is -0.583. The number of carbonyl (C=O) groups is 1. The van der Waals surface area contributed by atoms with Crippen LogP contribution in [0.1, 0.15) is 10.4 Å². The second kappa shape index (κ2) is 4.06. The van der Waals surface area contributed by atoms with Gasteiger partial charge in [0, 0.05) is 12.6 Å². The van der Waals surface area contributed by atoms with Gasteiger partial charge in [-0.05, 0) is 18.2 Å². The molecule has 4 nitrogen and oxygen atoms in total. The normalized spacial score (nSPS) is 9.71. The number of carbonyl (C=O) groups excluding carboxylic acids is 1. The van der Waals surface area contributed by atoms with E-state index < -0.39 is 11.7 Å². The highest BCUT2D eigenvalue weighted by Crippen LogP contribution is 2.17. The molecule has 0 spiro atoms. The van der Waals surface area contributed by atoms with Crippen LogP contribution in [-0.2, 0) is 0 Å². The Kier molecular flexibility index (Phi) is 3.03. The molecule has 1 aromatic carbocycles. The lowest BCUT2D eigenvalue weighted by Crippen LogP contribution is -2.33. The average molecular weight is 198 g/mol. The van der Waals surface area contributed by atoms with Gasteiger partial charge in [0.1, 0.15) is 0 Å². The number of halogens is 1. The maximum absolute atomic E-state index is 13.1. The summed E-state index contributed by atoms with van der Waals surface area (Å²) in [6.07, 6.45) is 0. The molecule has 0 radical (unpaired) electrons. The monoisotopic (exact) mass is 198 g/mol. The zero-order chi connectivity index (χ0) is 10.7. The number of hydrazine groups is 1. The predicted molar refractivity (Wildman–Crippen MR) is 49.2 cm³/mol. The second-order valence-corrected chi connectivity index (χ2v) is 2.77. The molecule has 0 aliphatic rings. The fraction of sp³-hybridized carbons (Fsp3) is 0.222. The van der Waals surface area contributed by atoms with Crippen LogP contribution in [0.25, 0.3) is 0 Å². The maximum Gasteiger partial charge on any atom is 0.267 e. The summed E-state index contributed by atoms with van der Waals surface area (Å²) in [7, 11) is 2.75. The number of nitrogens with two attached hydrogens (primary N) is 1. The summed E-state index contributed by atoms with van der Waals surface area (Å²) in [5.41, 5.74) is 0.188. The van der Waals surface area contributed by atoms with E-state index in [9.17, 15) is 9.18 Å². The number of hydrogen-bond donors (Lipinski definition) is 1. The van der Waals surface area contributed by atoms with Crippen LogP contribution in [0.5, 0.6) is 5.75 Å². The molecule has 0 fully saturated rings. The molecular formula is C9H11FN2O2. The molecule has 0 aliphatic heterocycles. The van der Waals surface area contributed by atoms with Crippen LogP contribution < -0.4 is 10.6 Å². The zero-order valence-corrected chi connectivity index (χ0v) is 7.95. The molecule has 14 heavy (non-hydrogen) atoms. The summed E-state index contributed by atoms with van der Waals surface area (Å²) in [5, 5.41) is 0.890. The summed E-state index contributed by atoms with van der Waals surface area (Å²) >= 11 is 0. The molecule has 1 rings (SSSR count). The largest absolute Gasteiger partial charge is 0.494 e. The number of hydrogen-bond acceptors (Lipinski definition) is 3. The van der Waals surface area contributed by atoms with E-state index in [0.717, 1.165) is 11.1 Å². The van der Waals surface area contributed by atoms with Crippen molar-refractivity contribution in [2.45, 2.75) is 0 Å². The van der Waals surface area contributed by atoms with Gasteiger partial charge in [-0.1, -0.05) is 0 Å². The van der Waals surface area contributed by atoms with Crippen molar-refractivity contribution in [3.63, 3.8) is 0 Å². The van der Waals surface area contributed by atoms with Gasteiger partial charge >= 0.3 is 0 Å². The van der Waals surface area contributed by atoms with Crippen molar-refractivity contribution in [1.29, 1.82) is 0 Å². The van der Waals surface area contributed by atoms with Crippen molar-refractivity contribution >= 4 is 5.91 Å². The van der Waals surface area contributed by atoms with Crippen LogP contribution in [0, 0.1) is 5.82 Å². The van der Waals surface area contributed by atoms with Crippen molar-refractivity contribution in [3.05, 3.63) is 29.6 Å². The highest BCUT2D eigenvalue weighted by molar-refractivity contribution is 5.93. The fourth-order valence-corrected chi connectivity index (χ4v) is 1.00. The Morgan fingerprint density at radius 3 is 2.64 bits per heavy atom. The summed E-state index contributed by atoms with van der Waals surface area (Å²) in [4.78, 5) is 11.3. The molecule has 1 amide bonds. The minimum Gasteiger partial charge on any atom is -0.494 e. The molecule has 0 aromatic heterocycles. The molecule has 0 bridgehead atoms. The number of ether oxygens (including phenoxy) is 1. The van der Waals surface area contributed by atoms with Crippen molar-refractivity contribution in [2.75, 3.05) is 14.2 Å². The molecule has 76 valence electrons. The molecule has 0 saturated carbocycles. The summed E-state index contributed by atoms with van der Waals surface area (Å²) in [6, 6.07) is 3.92. The van der Waals surface area contributed by atoms with E-state index in [1.165, 1.54) is 26.3 Å². The van der Waals surface area contributed by atoms with Crippen LogP contribution >= 0.6 is 0 Å². The average Bonchev–Trinajstić information content (AvgIpc) is 2.16. The standard InChI is InChI=1S/C9H11FN2O2/c1-12(11)9(13)6-3-4-8(14-2)7(10)5-6/h3-5H,11H2,1-2H3. The van der Waals surface area contributed by atoms with Gasteiger partial charge in [0.2, 0.25) is 0 Å². The van der Waals surface area contributed by atoms with Crippen LogP contribution in [-0.4, -0.2) is 25.1 Å². The molecule has 1 aromatic rings. The van der Waals surface area contributed by atoms with Gasteiger partial charge in [-0.2, -0.15) is 0 Å². The van der Waals surface area contributed by atoms with E-state index in [0.29, 0.717) is 0 Å². The van der Waals surface area contributed by atoms with E-state index >= 15 is 0 Å². The molecule has 5 heteroatoms. The van der Waals surface area contributed by atoms with Crippen molar-refractivity contribution in [1.82, 2.24) is 5.01 Å². The Labute approximate surface area is 81.0 Å². The van der Waals surface area contributed by atoms with Gasteiger partial charge in [-0.15, -0.1) is 0 Å². The Hall–Kier alpha value is -1.62. The Morgan fingerprint density at radius 2 is 2.21 bits per heavy atom. The van der Waals surface area contributed by atoms with E-state index in [2.05, 4.69) is 0 Å². The Bertz CT molecular complexity index is 353. The van der Waals surface area contributed by atoms with Crippen molar-refractivity contribution in [3.8, 4) is 5.75 Å². The number of rotatable bonds is 2. The number of benzene rings is 1. The van der Waals surface area contributed by atoms with Gasteiger partial charge in [0.05, 0.1) is 7.11 Å². The van der Waals surface area contributed by atoms with E-state index in [1.807, 2.05) is 0 Å². The van der Waals surface area contributed by atoms with Crippen molar-refractivity contribution in [2.24, 2.45) is 5.84 Å². The van der Waals surface area contributed by atoms with Gasteiger partial charge in [-0.25, -0.2) is 10.2 Å². The zero-order valence-electron chi connectivity index (χ0n) is 7.95. The molecule has 0 atom stereocenters. The SMILES string of the molecule is COc1ccc(C(=O)N(C)N)cc1F. The first-order chi connectivity index (χ1) is 6.56. The first-order valence-corrected chi connectivity index (χ1v) is 3.92. The minimum absolute atomic E-state index is 0.0984. The van der Waals surface area contributed by atoms with Gasteiger partial charge in [-0.3, -0.25) is 9.80 Å². The summed E-state index contributed by atoms with van der Waals surface area (Å²) < 4.78 is 17.8. The van der Waals surface area contributed by atoms with Gasteiger partial charge in [0.15, 0.2) is 11.6 Å². The predicted octanol–water partition coefficient (Wildman–Crippen LogP) is 0.780. The van der Waals surface area contributed by atoms with Crippen LogP contribution in [0.4, 0.5) is 4.39 Å². The van der Waals surface area contributed by atoms with E-state index in [-0.39, 0.29) is 11.3 Å². The number of nitrogens with zero attached hydrogens (tertiary/aromatic N) is 1. The summed E-state index contributed by atoms with van der Waals surface area (Å²) in [5.74, 6) is 4.28. The quantitative estimate of drug-likeness (QED) is 0.434. The first kappa shape index (κ1) is 10.5. The summed E-state index contributed by atoms with van der Waals surface area (Å²) in [6.45, 7) is 0. The van der Waals surface area contributed by atoms with Crippen LogP contribution in [0.2, 0.25) is 0 Å². The highest BCUT2D eigenvalue weighted by Gasteiger charge is 2.11. The number of amides is 1. The van der Waals surface area contributed by atoms with Crippen molar-refractivity contribution < 1.29 is 13.9 Å². The van der Waals surface area contributed by atoms with E-state index in [1.54, 1.807) is 0 Å². The first-order valence-electron chi connectivity index (χ1n) is 3.92. The third-order valence-corrected chi connectivity index (χ3v) is 1.72. The van der Waals surface area contributed by atoms with Gasteiger partial charge in [0.25, 0.3) is 5.91 Å². The lowest BCUT2D eigenvalue weighted by Gasteiger charge is -2.10. The van der Waals surface area contributed by atoms with E-state index in [4.69, 9.17) is 10.6 Å². The molecule has 0 unspecified atom stereocenters. The van der Waals surface area contributed by atoms with Crippen LogP contribution in [0.15, 0.2) is 18.2 Å². The van der Waals surface area contributed by atoms with Crippen LogP contribution in [0.3, 0.4) is 0 Å². The third-order valence-electron chi connectivity index (χ3n) is 1.72. The third kappa shape index (κ3) is 2.00. The fourth-order valence-electron chi connectivity index (χ4n) is 1.00. The topological polar surface area (TPSA) is 55.6 Å². The number of methoxy groups -OCH3 is 1. The molecule has 0 aliphatic carbocycles. The molecule has 0 heterocycles. The molecule has 2 N–H and O–H groups in total. The Balaban J connectivity index is 3.03. The van der Waals surface area contributed by atoms with Gasteiger partial charge < -0.3 is 4.74 Å². The smallest absolute Gasteiger partial charge is 0.267 e.